The molecule has 0 aromatic carbocycles. The molecule has 0 saturated carbocycles. The van der Waals surface area contributed by atoms with Gasteiger partial charge in [0.15, 0.2) is 0 Å². The monoisotopic (exact) mass is 280 g/mol. The second-order valence-corrected chi connectivity index (χ2v) is 7.35. The van der Waals surface area contributed by atoms with Crippen molar-refractivity contribution in [2.75, 3.05) is 13.4 Å². The highest BCUT2D eigenvalue weighted by Gasteiger charge is 2.38. The normalized spacial score (nSPS) is 31.1. The van der Waals surface area contributed by atoms with Crippen molar-refractivity contribution in [3.63, 3.8) is 0 Å². The van der Waals surface area contributed by atoms with Crippen LogP contribution in [0, 0.1) is 17.3 Å². The van der Waals surface area contributed by atoms with Crippen LogP contribution in [0.4, 0.5) is 0 Å². The van der Waals surface area contributed by atoms with Gasteiger partial charge in [0.2, 0.25) is 0 Å². The fourth-order valence-corrected chi connectivity index (χ4v) is 4.14. The minimum Gasteiger partial charge on any atom is -0.356 e. The van der Waals surface area contributed by atoms with Gasteiger partial charge in [0.05, 0.1) is 6.10 Å². The second-order valence-electron chi connectivity index (χ2n) is 7.35. The van der Waals surface area contributed by atoms with Gasteiger partial charge < -0.3 is 9.47 Å². The summed E-state index contributed by atoms with van der Waals surface area (Å²) < 4.78 is 11.2. The first-order valence-electron chi connectivity index (χ1n) is 8.36. The van der Waals surface area contributed by atoms with E-state index in [1.165, 1.54) is 32.1 Å². The molecule has 3 unspecified atom stereocenters. The predicted octanol–water partition coefficient (Wildman–Crippen LogP) is 4.94. The van der Waals surface area contributed by atoms with Crippen LogP contribution in [0.25, 0.3) is 0 Å². The van der Waals surface area contributed by atoms with Crippen LogP contribution in [0.2, 0.25) is 0 Å². The molecule has 0 aromatic rings. The highest BCUT2D eigenvalue weighted by Crippen LogP contribution is 2.50. The standard InChI is InChI=1S/C18H32O2/c1-6-19-12-20-14(3)16-11-17-15(10-13(16)2)8-7-9-18(17,4)5/h13-14,16H,6-12H2,1-5H3. The molecule has 2 aliphatic carbocycles. The lowest BCUT2D eigenvalue weighted by molar-refractivity contribution is -0.105. The molecule has 0 amide bonds. The lowest BCUT2D eigenvalue weighted by atomic mass is 9.62. The van der Waals surface area contributed by atoms with Gasteiger partial charge in [-0.25, -0.2) is 0 Å². The number of hydrogen-bond donors (Lipinski definition) is 0. The van der Waals surface area contributed by atoms with Crippen LogP contribution >= 0.6 is 0 Å². The van der Waals surface area contributed by atoms with Crippen molar-refractivity contribution in [3.8, 4) is 0 Å². The topological polar surface area (TPSA) is 18.5 Å². The summed E-state index contributed by atoms with van der Waals surface area (Å²) in [7, 11) is 0. The maximum Gasteiger partial charge on any atom is 0.147 e. The number of rotatable bonds is 5. The molecule has 0 radical (unpaired) electrons. The average Bonchev–Trinajstić information content (AvgIpc) is 2.37. The van der Waals surface area contributed by atoms with Crippen molar-refractivity contribution >= 4 is 0 Å². The van der Waals surface area contributed by atoms with Gasteiger partial charge in [-0.05, 0) is 63.2 Å². The molecule has 0 bridgehead atoms. The van der Waals surface area contributed by atoms with E-state index in [2.05, 4.69) is 27.7 Å². The minimum atomic E-state index is 0.295. The predicted molar refractivity (Wildman–Crippen MR) is 83.6 cm³/mol. The van der Waals surface area contributed by atoms with Crippen molar-refractivity contribution in [2.24, 2.45) is 17.3 Å². The van der Waals surface area contributed by atoms with Crippen LogP contribution < -0.4 is 0 Å². The summed E-state index contributed by atoms with van der Waals surface area (Å²) in [6.07, 6.45) is 6.87. The molecule has 2 aliphatic rings. The van der Waals surface area contributed by atoms with Gasteiger partial charge in [0.25, 0.3) is 0 Å². The fourth-order valence-electron chi connectivity index (χ4n) is 4.14. The maximum absolute atomic E-state index is 5.90. The van der Waals surface area contributed by atoms with Crippen LogP contribution in [-0.2, 0) is 9.47 Å². The van der Waals surface area contributed by atoms with E-state index in [0.29, 0.717) is 24.2 Å². The Kier molecular flexibility index (Phi) is 5.30. The molecule has 0 heterocycles. The molecule has 0 fully saturated rings. The SMILES string of the molecule is CCOCOC(C)C1CC2=C(CCCC2(C)C)CC1C. The molecular formula is C18H32O2. The number of hydrogen-bond acceptors (Lipinski definition) is 2. The maximum atomic E-state index is 5.90. The van der Waals surface area contributed by atoms with Crippen LogP contribution in [0.15, 0.2) is 11.1 Å². The highest BCUT2D eigenvalue weighted by atomic mass is 16.7. The van der Waals surface area contributed by atoms with Gasteiger partial charge in [-0.1, -0.05) is 31.9 Å². The lowest BCUT2D eigenvalue weighted by Gasteiger charge is -2.44. The Morgan fingerprint density at radius 1 is 1.30 bits per heavy atom. The van der Waals surface area contributed by atoms with Gasteiger partial charge in [0, 0.05) is 6.61 Å². The third kappa shape index (κ3) is 3.46. The zero-order valence-electron chi connectivity index (χ0n) is 14.0. The van der Waals surface area contributed by atoms with Crippen molar-refractivity contribution < 1.29 is 9.47 Å². The van der Waals surface area contributed by atoms with E-state index in [9.17, 15) is 0 Å². The molecule has 2 rings (SSSR count). The summed E-state index contributed by atoms with van der Waals surface area (Å²) in [4.78, 5) is 0. The molecule has 0 spiro atoms. The summed E-state index contributed by atoms with van der Waals surface area (Å²) in [5, 5.41) is 0. The first-order chi connectivity index (χ1) is 9.45. The fraction of sp³-hybridized carbons (Fsp3) is 0.889. The van der Waals surface area contributed by atoms with E-state index in [1.54, 1.807) is 11.1 Å². The molecule has 0 N–H and O–H groups in total. The summed E-state index contributed by atoms with van der Waals surface area (Å²) in [6.45, 7) is 12.7. The van der Waals surface area contributed by atoms with Crippen molar-refractivity contribution in [1.29, 1.82) is 0 Å². The van der Waals surface area contributed by atoms with Crippen LogP contribution in [0.3, 0.4) is 0 Å². The van der Waals surface area contributed by atoms with Gasteiger partial charge in [-0.15, -0.1) is 0 Å². The molecule has 116 valence electrons. The van der Waals surface area contributed by atoms with E-state index in [-0.39, 0.29) is 0 Å². The number of allylic oxidation sites excluding steroid dienone is 2. The van der Waals surface area contributed by atoms with Crippen LogP contribution in [0.1, 0.15) is 66.7 Å². The van der Waals surface area contributed by atoms with Gasteiger partial charge in [0.1, 0.15) is 6.79 Å². The van der Waals surface area contributed by atoms with Crippen LogP contribution in [0.5, 0.6) is 0 Å². The van der Waals surface area contributed by atoms with Gasteiger partial charge in [-0.2, -0.15) is 0 Å². The lowest BCUT2D eigenvalue weighted by Crippen LogP contribution is -2.35. The first-order valence-corrected chi connectivity index (χ1v) is 8.36. The molecule has 20 heavy (non-hydrogen) atoms. The van der Waals surface area contributed by atoms with Crippen molar-refractivity contribution in [1.82, 2.24) is 0 Å². The Hall–Kier alpha value is -0.340. The minimum absolute atomic E-state index is 0.295. The zero-order valence-corrected chi connectivity index (χ0v) is 14.0. The Bertz CT molecular complexity index is 356. The highest BCUT2D eigenvalue weighted by molar-refractivity contribution is 5.27. The van der Waals surface area contributed by atoms with E-state index >= 15 is 0 Å². The molecule has 2 heteroatoms. The van der Waals surface area contributed by atoms with Gasteiger partial charge in [-0.3, -0.25) is 0 Å². The molecular weight excluding hydrogens is 248 g/mol. The first kappa shape index (κ1) is 16.0. The average molecular weight is 280 g/mol. The third-order valence-electron chi connectivity index (χ3n) is 5.48. The smallest absolute Gasteiger partial charge is 0.147 e. The second kappa shape index (κ2) is 6.62. The molecule has 3 atom stereocenters. The Morgan fingerprint density at radius 3 is 2.75 bits per heavy atom. The summed E-state index contributed by atoms with van der Waals surface area (Å²) >= 11 is 0. The largest absolute Gasteiger partial charge is 0.356 e. The summed E-state index contributed by atoms with van der Waals surface area (Å²) in [5.41, 5.74) is 3.92. The van der Waals surface area contributed by atoms with Crippen LogP contribution in [-0.4, -0.2) is 19.5 Å². The Morgan fingerprint density at radius 2 is 2.05 bits per heavy atom. The summed E-state index contributed by atoms with van der Waals surface area (Å²) in [6, 6.07) is 0. The molecule has 0 saturated heterocycles. The number of ether oxygens (including phenoxy) is 2. The van der Waals surface area contributed by atoms with Crippen molar-refractivity contribution in [2.45, 2.75) is 72.8 Å². The van der Waals surface area contributed by atoms with E-state index < -0.39 is 0 Å². The van der Waals surface area contributed by atoms with Crippen molar-refractivity contribution in [3.05, 3.63) is 11.1 Å². The Balaban J connectivity index is 2.04. The summed E-state index contributed by atoms with van der Waals surface area (Å²) in [5.74, 6) is 1.38. The molecule has 2 nitrogen and oxygen atoms in total. The van der Waals surface area contributed by atoms with E-state index in [4.69, 9.17) is 9.47 Å². The quantitative estimate of drug-likeness (QED) is 0.403. The van der Waals surface area contributed by atoms with E-state index in [1.807, 2.05) is 6.92 Å². The molecule has 0 aromatic heterocycles. The van der Waals surface area contributed by atoms with E-state index in [0.717, 1.165) is 12.5 Å². The Labute approximate surface area is 124 Å². The zero-order chi connectivity index (χ0) is 14.8. The molecule has 0 aliphatic heterocycles. The van der Waals surface area contributed by atoms with Gasteiger partial charge >= 0.3 is 0 Å². The third-order valence-corrected chi connectivity index (χ3v) is 5.48.